The molecule has 88 valence electrons. The zero-order valence-electron chi connectivity index (χ0n) is 9.63. The Morgan fingerprint density at radius 3 is 2.71 bits per heavy atom. The van der Waals surface area contributed by atoms with Crippen molar-refractivity contribution in [2.24, 2.45) is 0 Å². The summed E-state index contributed by atoms with van der Waals surface area (Å²) in [4.78, 5) is 10.8. The number of anilines is 1. The van der Waals surface area contributed by atoms with Crippen molar-refractivity contribution in [3.63, 3.8) is 0 Å². The number of aromatic nitrogens is 2. The van der Waals surface area contributed by atoms with Crippen LogP contribution in [0.25, 0.3) is 10.9 Å². The van der Waals surface area contributed by atoms with Crippen molar-refractivity contribution in [3.8, 4) is 5.75 Å². The number of piperidine rings is 1. The van der Waals surface area contributed by atoms with Crippen LogP contribution in [0, 0.1) is 0 Å². The number of hydrogen-bond donors (Lipinski definition) is 1. The van der Waals surface area contributed by atoms with Gasteiger partial charge in [-0.05, 0) is 31.4 Å². The summed E-state index contributed by atoms with van der Waals surface area (Å²) in [6, 6.07) is 5.47. The van der Waals surface area contributed by atoms with Crippen molar-refractivity contribution < 1.29 is 5.11 Å². The number of hydrogen-bond acceptors (Lipinski definition) is 4. The van der Waals surface area contributed by atoms with Crippen LogP contribution < -0.4 is 4.90 Å². The lowest BCUT2D eigenvalue weighted by molar-refractivity contribution is 0.480. The molecular formula is C13H15N3O. The molecule has 0 atom stereocenters. The molecule has 1 fully saturated rings. The maximum Gasteiger partial charge on any atom is 0.142 e. The Labute approximate surface area is 99.9 Å². The highest BCUT2D eigenvalue weighted by Gasteiger charge is 2.15. The van der Waals surface area contributed by atoms with Gasteiger partial charge in [0.1, 0.15) is 23.4 Å². The Morgan fingerprint density at radius 2 is 1.88 bits per heavy atom. The largest absolute Gasteiger partial charge is 0.506 e. The number of para-hydroxylation sites is 1. The first kappa shape index (κ1) is 10.3. The first-order chi connectivity index (χ1) is 8.36. The van der Waals surface area contributed by atoms with Gasteiger partial charge in [-0.2, -0.15) is 0 Å². The summed E-state index contributed by atoms with van der Waals surface area (Å²) in [7, 11) is 0. The molecule has 17 heavy (non-hydrogen) atoms. The number of fused-ring (bicyclic) bond motifs is 1. The van der Waals surface area contributed by atoms with Crippen molar-refractivity contribution in [2.45, 2.75) is 19.3 Å². The van der Waals surface area contributed by atoms with Gasteiger partial charge in [0, 0.05) is 18.5 Å². The van der Waals surface area contributed by atoms with Crippen LogP contribution >= 0.6 is 0 Å². The minimum atomic E-state index is 0.225. The molecule has 3 rings (SSSR count). The van der Waals surface area contributed by atoms with Crippen molar-refractivity contribution >= 4 is 16.7 Å². The average Bonchev–Trinajstić information content (AvgIpc) is 2.40. The summed E-state index contributed by atoms with van der Waals surface area (Å²) >= 11 is 0. The summed E-state index contributed by atoms with van der Waals surface area (Å²) in [6.07, 6.45) is 5.26. The lowest BCUT2D eigenvalue weighted by atomic mass is 10.1. The van der Waals surface area contributed by atoms with Gasteiger partial charge in [-0.25, -0.2) is 9.97 Å². The fourth-order valence-electron chi connectivity index (χ4n) is 2.42. The molecule has 4 heteroatoms. The van der Waals surface area contributed by atoms with Crippen LogP contribution in [0.2, 0.25) is 0 Å². The van der Waals surface area contributed by atoms with Crippen LogP contribution in [0.15, 0.2) is 24.5 Å². The standard InChI is InChI=1S/C13H15N3O/c17-11-6-4-5-10-12(11)14-9-15-13(10)16-7-2-1-3-8-16/h4-6,9,17H,1-3,7-8H2. The summed E-state index contributed by atoms with van der Waals surface area (Å²) in [6.45, 7) is 2.09. The molecule has 2 aromatic rings. The fourth-order valence-corrected chi connectivity index (χ4v) is 2.42. The first-order valence-electron chi connectivity index (χ1n) is 6.04. The van der Waals surface area contributed by atoms with Crippen LogP contribution in [-0.4, -0.2) is 28.2 Å². The second kappa shape index (κ2) is 4.20. The second-order valence-electron chi connectivity index (χ2n) is 4.42. The molecule has 0 unspecified atom stereocenters. The van der Waals surface area contributed by atoms with E-state index in [-0.39, 0.29) is 5.75 Å². The molecule has 0 radical (unpaired) electrons. The molecule has 1 aromatic carbocycles. The van der Waals surface area contributed by atoms with Gasteiger partial charge < -0.3 is 10.0 Å². The third kappa shape index (κ3) is 1.79. The molecule has 0 bridgehead atoms. The van der Waals surface area contributed by atoms with Crippen LogP contribution in [0.5, 0.6) is 5.75 Å². The van der Waals surface area contributed by atoms with Crippen molar-refractivity contribution in [1.82, 2.24) is 9.97 Å². The van der Waals surface area contributed by atoms with Crippen LogP contribution in [0.4, 0.5) is 5.82 Å². The van der Waals surface area contributed by atoms with Crippen LogP contribution in [0.1, 0.15) is 19.3 Å². The molecule has 0 saturated carbocycles. The smallest absolute Gasteiger partial charge is 0.142 e. The molecular weight excluding hydrogens is 214 g/mol. The average molecular weight is 229 g/mol. The minimum absolute atomic E-state index is 0.225. The van der Waals surface area contributed by atoms with Crippen molar-refractivity contribution in [1.29, 1.82) is 0 Å². The monoisotopic (exact) mass is 229 g/mol. The van der Waals surface area contributed by atoms with Crippen molar-refractivity contribution in [2.75, 3.05) is 18.0 Å². The van der Waals surface area contributed by atoms with E-state index in [9.17, 15) is 5.11 Å². The van der Waals surface area contributed by atoms with Gasteiger partial charge in [-0.3, -0.25) is 0 Å². The van der Waals surface area contributed by atoms with Gasteiger partial charge >= 0.3 is 0 Å². The van der Waals surface area contributed by atoms with E-state index >= 15 is 0 Å². The molecule has 1 aliphatic rings. The molecule has 4 nitrogen and oxygen atoms in total. The third-order valence-corrected chi connectivity index (χ3v) is 3.28. The van der Waals surface area contributed by atoms with E-state index in [1.54, 1.807) is 6.07 Å². The van der Waals surface area contributed by atoms with Crippen molar-refractivity contribution in [3.05, 3.63) is 24.5 Å². The maximum absolute atomic E-state index is 9.79. The number of nitrogens with zero attached hydrogens (tertiary/aromatic N) is 3. The Morgan fingerprint density at radius 1 is 1.06 bits per heavy atom. The minimum Gasteiger partial charge on any atom is -0.506 e. The Hall–Kier alpha value is -1.84. The summed E-state index contributed by atoms with van der Waals surface area (Å²) in [5.74, 6) is 1.17. The Kier molecular flexibility index (Phi) is 2.55. The zero-order chi connectivity index (χ0) is 11.7. The van der Waals surface area contributed by atoms with Crippen LogP contribution in [0.3, 0.4) is 0 Å². The lowest BCUT2D eigenvalue weighted by Gasteiger charge is -2.28. The molecule has 1 saturated heterocycles. The van der Waals surface area contributed by atoms with Gasteiger partial charge in [0.15, 0.2) is 0 Å². The zero-order valence-corrected chi connectivity index (χ0v) is 9.63. The lowest BCUT2D eigenvalue weighted by Crippen LogP contribution is -2.30. The fraction of sp³-hybridized carbons (Fsp3) is 0.385. The molecule has 2 heterocycles. The topological polar surface area (TPSA) is 49.2 Å². The van der Waals surface area contributed by atoms with Gasteiger partial charge in [0.25, 0.3) is 0 Å². The predicted octanol–water partition coefficient (Wildman–Crippen LogP) is 2.33. The van der Waals surface area contributed by atoms with Gasteiger partial charge in [0.05, 0.1) is 0 Å². The maximum atomic E-state index is 9.79. The molecule has 1 N–H and O–H groups in total. The molecule has 0 spiro atoms. The van der Waals surface area contributed by atoms with E-state index in [1.807, 2.05) is 12.1 Å². The Balaban J connectivity index is 2.12. The number of benzene rings is 1. The van der Waals surface area contributed by atoms with Crippen LogP contribution in [-0.2, 0) is 0 Å². The van der Waals surface area contributed by atoms with Gasteiger partial charge in [0.2, 0.25) is 0 Å². The highest BCUT2D eigenvalue weighted by Crippen LogP contribution is 2.29. The predicted molar refractivity (Wildman–Crippen MR) is 67.3 cm³/mol. The summed E-state index contributed by atoms with van der Waals surface area (Å²) in [5, 5.41) is 10.7. The molecule has 1 aliphatic heterocycles. The third-order valence-electron chi connectivity index (χ3n) is 3.28. The van der Waals surface area contributed by atoms with Gasteiger partial charge in [-0.15, -0.1) is 0 Å². The quantitative estimate of drug-likeness (QED) is 0.815. The van der Waals surface area contributed by atoms with Gasteiger partial charge in [-0.1, -0.05) is 6.07 Å². The van der Waals surface area contributed by atoms with E-state index < -0.39 is 0 Å². The normalized spacial score (nSPS) is 16.4. The Bertz CT molecular complexity index is 535. The van der Waals surface area contributed by atoms with E-state index in [2.05, 4.69) is 14.9 Å². The van der Waals surface area contributed by atoms with E-state index in [4.69, 9.17) is 0 Å². The van der Waals surface area contributed by atoms with E-state index in [0.29, 0.717) is 5.52 Å². The van der Waals surface area contributed by atoms with E-state index in [0.717, 1.165) is 24.3 Å². The number of rotatable bonds is 1. The number of phenols is 1. The molecule has 0 aliphatic carbocycles. The highest BCUT2D eigenvalue weighted by atomic mass is 16.3. The molecule has 0 amide bonds. The first-order valence-corrected chi connectivity index (χ1v) is 6.04. The second-order valence-corrected chi connectivity index (χ2v) is 4.42. The number of aromatic hydroxyl groups is 1. The summed E-state index contributed by atoms with van der Waals surface area (Å²) < 4.78 is 0. The molecule has 1 aromatic heterocycles. The summed E-state index contributed by atoms with van der Waals surface area (Å²) in [5.41, 5.74) is 0.642. The highest BCUT2D eigenvalue weighted by molar-refractivity contribution is 5.92. The van der Waals surface area contributed by atoms with E-state index in [1.165, 1.54) is 25.6 Å². The SMILES string of the molecule is Oc1cccc2c(N3CCCCC3)ncnc12. The number of phenolic OH excluding ortho intramolecular Hbond substituents is 1.